The quantitative estimate of drug-likeness (QED) is 0.260. The molecule has 1 fully saturated rings. The molecule has 2 rings (SSSR count). The average molecular weight is 432 g/mol. The SMILES string of the molecule is CCNC(=NCc1cccc([N+](=O)[O-])c1)N1CCC(C)(C)C1.I. The van der Waals surface area contributed by atoms with Gasteiger partial charge >= 0.3 is 0 Å². The van der Waals surface area contributed by atoms with Crippen LogP contribution in [0, 0.1) is 15.5 Å². The molecule has 1 aliphatic rings. The number of nitrogens with zero attached hydrogens (tertiary/aromatic N) is 3. The van der Waals surface area contributed by atoms with Crippen LogP contribution in [0.1, 0.15) is 32.8 Å². The van der Waals surface area contributed by atoms with E-state index in [1.165, 1.54) is 6.07 Å². The lowest BCUT2D eigenvalue weighted by atomic mass is 9.93. The predicted octanol–water partition coefficient (Wildman–Crippen LogP) is 3.41. The molecule has 1 N–H and O–H groups in total. The monoisotopic (exact) mass is 432 g/mol. The van der Waals surface area contributed by atoms with E-state index in [1.807, 2.05) is 13.0 Å². The van der Waals surface area contributed by atoms with Crippen LogP contribution in [0.4, 0.5) is 5.69 Å². The number of nitro groups is 1. The second-order valence-electron chi connectivity index (χ2n) is 6.43. The van der Waals surface area contributed by atoms with Crippen LogP contribution in [0.5, 0.6) is 0 Å². The molecule has 0 atom stereocenters. The number of rotatable bonds is 4. The van der Waals surface area contributed by atoms with Gasteiger partial charge in [0.15, 0.2) is 5.96 Å². The first-order valence-electron chi connectivity index (χ1n) is 7.68. The van der Waals surface area contributed by atoms with Crippen LogP contribution in [0.25, 0.3) is 0 Å². The maximum atomic E-state index is 10.8. The molecule has 1 saturated heterocycles. The standard InChI is InChI=1S/C16H24N4O2.HI/c1-4-17-15(19-9-8-16(2,3)12-19)18-11-13-6-5-7-14(10-13)20(21)22;/h5-7,10H,4,8-9,11-12H2,1-3H3,(H,17,18);1H. The highest BCUT2D eigenvalue weighted by molar-refractivity contribution is 14.0. The minimum Gasteiger partial charge on any atom is -0.357 e. The Morgan fingerprint density at radius 3 is 2.78 bits per heavy atom. The average Bonchev–Trinajstić information content (AvgIpc) is 2.84. The molecule has 0 spiro atoms. The van der Waals surface area contributed by atoms with Gasteiger partial charge in [0.1, 0.15) is 0 Å². The van der Waals surface area contributed by atoms with Crippen molar-refractivity contribution in [2.75, 3.05) is 19.6 Å². The van der Waals surface area contributed by atoms with Crippen molar-refractivity contribution in [1.82, 2.24) is 10.2 Å². The smallest absolute Gasteiger partial charge is 0.269 e. The highest BCUT2D eigenvalue weighted by atomic mass is 127. The van der Waals surface area contributed by atoms with E-state index in [0.717, 1.165) is 37.6 Å². The van der Waals surface area contributed by atoms with E-state index >= 15 is 0 Å². The topological polar surface area (TPSA) is 70.8 Å². The molecule has 0 unspecified atom stereocenters. The molecule has 0 saturated carbocycles. The number of hydrogen-bond acceptors (Lipinski definition) is 3. The second-order valence-corrected chi connectivity index (χ2v) is 6.43. The zero-order chi connectivity index (χ0) is 16.2. The van der Waals surface area contributed by atoms with Gasteiger partial charge in [-0.15, -0.1) is 24.0 Å². The number of benzene rings is 1. The lowest BCUT2D eigenvalue weighted by molar-refractivity contribution is -0.384. The van der Waals surface area contributed by atoms with E-state index < -0.39 is 0 Å². The van der Waals surface area contributed by atoms with Gasteiger partial charge in [0.25, 0.3) is 5.69 Å². The summed E-state index contributed by atoms with van der Waals surface area (Å²) in [7, 11) is 0. The minimum atomic E-state index is -0.374. The number of halogens is 1. The molecule has 6 nitrogen and oxygen atoms in total. The van der Waals surface area contributed by atoms with Crippen molar-refractivity contribution in [3.8, 4) is 0 Å². The van der Waals surface area contributed by atoms with Crippen LogP contribution in [-0.2, 0) is 6.54 Å². The van der Waals surface area contributed by atoms with Crippen LogP contribution in [0.3, 0.4) is 0 Å². The van der Waals surface area contributed by atoms with Gasteiger partial charge in [0.05, 0.1) is 11.5 Å². The Hall–Kier alpha value is -1.38. The predicted molar refractivity (Wildman–Crippen MR) is 103 cm³/mol. The lowest BCUT2D eigenvalue weighted by Gasteiger charge is -2.23. The van der Waals surface area contributed by atoms with Gasteiger partial charge < -0.3 is 10.2 Å². The Kier molecular flexibility index (Phi) is 7.24. The first kappa shape index (κ1) is 19.7. The first-order valence-corrected chi connectivity index (χ1v) is 7.68. The number of guanidine groups is 1. The van der Waals surface area contributed by atoms with Crippen LogP contribution >= 0.6 is 24.0 Å². The molecule has 23 heavy (non-hydrogen) atoms. The summed E-state index contributed by atoms with van der Waals surface area (Å²) in [5.74, 6) is 0.889. The number of non-ortho nitro benzene ring substituents is 1. The molecular weight excluding hydrogens is 407 g/mol. The van der Waals surface area contributed by atoms with Gasteiger partial charge in [-0.3, -0.25) is 10.1 Å². The van der Waals surface area contributed by atoms with E-state index in [-0.39, 0.29) is 34.6 Å². The minimum absolute atomic E-state index is 0. The van der Waals surface area contributed by atoms with Gasteiger partial charge in [-0.05, 0) is 24.3 Å². The molecule has 0 bridgehead atoms. The second kappa shape index (κ2) is 8.47. The number of aliphatic imine (C=N–C) groups is 1. The summed E-state index contributed by atoms with van der Waals surface area (Å²) in [5, 5.41) is 14.1. The number of hydrogen-bond donors (Lipinski definition) is 1. The van der Waals surface area contributed by atoms with Crippen LogP contribution in [-0.4, -0.2) is 35.4 Å². The fourth-order valence-corrected chi connectivity index (χ4v) is 2.65. The van der Waals surface area contributed by atoms with Crippen LogP contribution < -0.4 is 5.32 Å². The Labute approximate surface area is 154 Å². The molecule has 1 aromatic rings. The zero-order valence-electron chi connectivity index (χ0n) is 13.9. The van der Waals surface area contributed by atoms with E-state index in [9.17, 15) is 10.1 Å². The molecule has 128 valence electrons. The molecule has 0 aliphatic carbocycles. The van der Waals surface area contributed by atoms with E-state index in [1.54, 1.807) is 12.1 Å². The van der Waals surface area contributed by atoms with Crippen LogP contribution in [0.2, 0.25) is 0 Å². The van der Waals surface area contributed by atoms with Crippen molar-refractivity contribution < 1.29 is 4.92 Å². The molecule has 0 amide bonds. The highest BCUT2D eigenvalue weighted by Crippen LogP contribution is 2.28. The summed E-state index contributed by atoms with van der Waals surface area (Å²) >= 11 is 0. The van der Waals surface area contributed by atoms with Crippen molar-refractivity contribution in [2.45, 2.75) is 33.7 Å². The van der Waals surface area contributed by atoms with E-state index in [0.29, 0.717) is 12.0 Å². The molecular formula is C16H25IN4O2. The Morgan fingerprint density at radius 2 is 2.22 bits per heavy atom. The van der Waals surface area contributed by atoms with E-state index in [2.05, 4.69) is 29.1 Å². The molecule has 0 aromatic heterocycles. The van der Waals surface area contributed by atoms with Crippen molar-refractivity contribution in [1.29, 1.82) is 0 Å². The summed E-state index contributed by atoms with van der Waals surface area (Å²) in [6.07, 6.45) is 1.15. The number of likely N-dealkylation sites (tertiary alicyclic amines) is 1. The third-order valence-corrected chi connectivity index (χ3v) is 3.84. The van der Waals surface area contributed by atoms with Crippen molar-refractivity contribution in [3.63, 3.8) is 0 Å². The molecule has 1 aromatic carbocycles. The largest absolute Gasteiger partial charge is 0.357 e. The maximum absolute atomic E-state index is 10.8. The number of nitrogens with one attached hydrogen (secondary N) is 1. The first-order chi connectivity index (χ1) is 10.4. The summed E-state index contributed by atoms with van der Waals surface area (Å²) < 4.78 is 0. The summed E-state index contributed by atoms with van der Waals surface area (Å²) in [6, 6.07) is 6.66. The van der Waals surface area contributed by atoms with Crippen molar-refractivity contribution >= 4 is 35.6 Å². The van der Waals surface area contributed by atoms with Gasteiger partial charge in [-0.1, -0.05) is 26.0 Å². The highest BCUT2D eigenvalue weighted by Gasteiger charge is 2.30. The molecule has 1 heterocycles. The van der Waals surface area contributed by atoms with Crippen LogP contribution in [0.15, 0.2) is 29.3 Å². The third kappa shape index (κ3) is 5.63. The Balaban J connectivity index is 0.00000264. The fraction of sp³-hybridized carbons (Fsp3) is 0.562. The fourth-order valence-electron chi connectivity index (χ4n) is 2.65. The number of nitro benzene ring substituents is 1. The van der Waals surface area contributed by atoms with Gasteiger partial charge in [-0.25, -0.2) is 4.99 Å². The molecule has 0 radical (unpaired) electrons. The van der Waals surface area contributed by atoms with Crippen molar-refractivity contribution in [3.05, 3.63) is 39.9 Å². The molecule has 1 aliphatic heterocycles. The maximum Gasteiger partial charge on any atom is 0.269 e. The zero-order valence-corrected chi connectivity index (χ0v) is 16.2. The third-order valence-electron chi connectivity index (χ3n) is 3.84. The van der Waals surface area contributed by atoms with E-state index in [4.69, 9.17) is 0 Å². The molecule has 7 heteroatoms. The van der Waals surface area contributed by atoms with Crippen molar-refractivity contribution in [2.24, 2.45) is 10.4 Å². The summed E-state index contributed by atoms with van der Waals surface area (Å²) in [5.41, 5.74) is 1.27. The lowest BCUT2D eigenvalue weighted by Crippen LogP contribution is -2.40. The van der Waals surface area contributed by atoms with Gasteiger partial charge in [-0.2, -0.15) is 0 Å². The Bertz CT molecular complexity index is 575. The Morgan fingerprint density at radius 1 is 1.48 bits per heavy atom. The normalized spacial score (nSPS) is 16.8. The summed E-state index contributed by atoms with van der Waals surface area (Å²) in [4.78, 5) is 17.4. The van der Waals surface area contributed by atoms with Gasteiger partial charge in [0.2, 0.25) is 0 Å². The van der Waals surface area contributed by atoms with Gasteiger partial charge in [0, 0.05) is 31.8 Å². The summed E-state index contributed by atoms with van der Waals surface area (Å²) in [6.45, 7) is 9.80.